The third kappa shape index (κ3) is 4.97. The fraction of sp³-hybridized carbons (Fsp3) is 0.462. The molecule has 1 rings (SSSR count). The van der Waals surface area contributed by atoms with Gasteiger partial charge >= 0.3 is 0 Å². The summed E-state index contributed by atoms with van der Waals surface area (Å²) in [4.78, 5) is 15.1. The Hall–Kier alpha value is -1.39. The van der Waals surface area contributed by atoms with E-state index in [4.69, 9.17) is 5.11 Å². The van der Waals surface area contributed by atoms with Gasteiger partial charge in [0.2, 0.25) is 5.91 Å². The minimum absolute atomic E-state index is 0.0504. The Kier molecular flexibility index (Phi) is 5.66. The van der Waals surface area contributed by atoms with Gasteiger partial charge in [0.05, 0.1) is 13.2 Å². The lowest BCUT2D eigenvalue weighted by atomic mass is 10.2. The number of likely N-dealkylation sites (N-methyl/N-ethyl adjacent to an activating group) is 1. The van der Waals surface area contributed by atoms with Gasteiger partial charge in [-0.15, -0.1) is 0 Å². The standard InChI is InChI=1S/C13H20N2O2/c1-14(2)13(17)11-15(8-9-16)10-12-6-4-3-5-7-12/h3-7,16H,8-11H2,1-2H3. The zero-order valence-corrected chi connectivity index (χ0v) is 10.5. The molecule has 0 fully saturated rings. The first-order valence-electron chi connectivity index (χ1n) is 5.70. The van der Waals surface area contributed by atoms with E-state index in [2.05, 4.69) is 0 Å². The maximum absolute atomic E-state index is 11.6. The van der Waals surface area contributed by atoms with Crippen molar-refractivity contribution in [3.63, 3.8) is 0 Å². The summed E-state index contributed by atoms with van der Waals surface area (Å²) in [6.45, 7) is 1.59. The summed E-state index contributed by atoms with van der Waals surface area (Å²) >= 11 is 0. The number of carbonyl (C=O) groups is 1. The predicted octanol–water partition coefficient (Wildman–Crippen LogP) is 0.569. The summed E-state index contributed by atoms with van der Waals surface area (Å²) < 4.78 is 0. The van der Waals surface area contributed by atoms with Gasteiger partial charge in [0.1, 0.15) is 0 Å². The zero-order chi connectivity index (χ0) is 12.7. The Morgan fingerprint density at radius 2 is 1.88 bits per heavy atom. The largest absolute Gasteiger partial charge is 0.395 e. The fourth-order valence-corrected chi connectivity index (χ4v) is 1.53. The molecule has 0 aliphatic rings. The first-order valence-corrected chi connectivity index (χ1v) is 5.70. The molecule has 1 aromatic carbocycles. The van der Waals surface area contributed by atoms with E-state index in [0.717, 1.165) is 5.56 Å². The first-order chi connectivity index (χ1) is 8.13. The molecule has 4 nitrogen and oxygen atoms in total. The SMILES string of the molecule is CN(C)C(=O)CN(CCO)Cc1ccccc1. The lowest BCUT2D eigenvalue weighted by molar-refractivity contribution is -0.130. The van der Waals surface area contributed by atoms with Crippen molar-refractivity contribution in [1.29, 1.82) is 0 Å². The molecule has 0 aromatic heterocycles. The van der Waals surface area contributed by atoms with Crippen LogP contribution in [0.5, 0.6) is 0 Å². The van der Waals surface area contributed by atoms with Crippen LogP contribution in [0.1, 0.15) is 5.56 Å². The molecule has 1 amide bonds. The Bertz CT molecular complexity index is 339. The van der Waals surface area contributed by atoms with Crippen LogP contribution < -0.4 is 0 Å². The molecule has 0 atom stereocenters. The molecule has 0 saturated heterocycles. The van der Waals surface area contributed by atoms with E-state index in [1.54, 1.807) is 19.0 Å². The molecule has 0 unspecified atom stereocenters. The van der Waals surface area contributed by atoms with E-state index in [9.17, 15) is 4.79 Å². The molecule has 0 bridgehead atoms. The molecule has 94 valence electrons. The molecule has 1 aromatic rings. The minimum Gasteiger partial charge on any atom is -0.395 e. The average Bonchev–Trinajstić information content (AvgIpc) is 2.30. The van der Waals surface area contributed by atoms with Crippen LogP contribution in [-0.2, 0) is 11.3 Å². The predicted molar refractivity (Wildman–Crippen MR) is 67.5 cm³/mol. The Morgan fingerprint density at radius 3 is 2.41 bits per heavy atom. The number of aliphatic hydroxyl groups excluding tert-OH is 1. The highest BCUT2D eigenvalue weighted by atomic mass is 16.3. The second kappa shape index (κ2) is 7.04. The molecule has 1 N–H and O–H groups in total. The highest BCUT2D eigenvalue weighted by Crippen LogP contribution is 2.04. The van der Waals surface area contributed by atoms with E-state index in [1.165, 1.54) is 0 Å². The summed E-state index contributed by atoms with van der Waals surface area (Å²) in [6, 6.07) is 9.94. The number of nitrogens with zero attached hydrogens (tertiary/aromatic N) is 2. The van der Waals surface area contributed by atoms with E-state index < -0.39 is 0 Å². The highest BCUT2D eigenvalue weighted by Gasteiger charge is 2.12. The minimum atomic E-state index is 0.0504. The smallest absolute Gasteiger partial charge is 0.236 e. The molecule has 0 heterocycles. The molecule has 0 spiro atoms. The molecular formula is C13H20N2O2. The van der Waals surface area contributed by atoms with Crippen molar-refractivity contribution < 1.29 is 9.90 Å². The molecular weight excluding hydrogens is 216 g/mol. The van der Waals surface area contributed by atoms with Crippen LogP contribution in [-0.4, -0.2) is 54.6 Å². The molecule has 0 aliphatic carbocycles. The molecule has 17 heavy (non-hydrogen) atoms. The van der Waals surface area contributed by atoms with Crippen LogP contribution in [0.3, 0.4) is 0 Å². The molecule has 0 radical (unpaired) electrons. The van der Waals surface area contributed by atoms with E-state index >= 15 is 0 Å². The van der Waals surface area contributed by atoms with Gasteiger partial charge in [0.25, 0.3) is 0 Å². The average molecular weight is 236 g/mol. The van der Waals surface area contributed by atoms with Gasteiger partial charge in [-0.1, -0.05) is 30.3 Å². The fourth-order valence-electron chi connectivity index (χ4n) is 1.53. The summed E-state index contributed by atoms with van der Waals surface area (Å²) in [5, 5.41) is 9.00. The first kappa shape index (κ1) is 13.7. The van der Waals surface area contributed by atoms with Gasteiger partial charge < -0.3 is 10.0 Å². The second-order valence-electron chi connectivity index (χ2n) is 4.21. The maximum Gasteiger partial charge on any atom is 0.236 e. The Morgan fingerprint density at radius 1 is 1.24 bits per heavy atom. The van der Waals surface area contributed by atoms with Crippen LogP contribution >= 0.6 is 0 Å². The number of aliphatic hydroxyl groups is 1. The highest BCUT2D eigenvalue weighted by molar-refractivity contribution is 5.77. The van der Waals surface area contributed by atoms with Gasteiger partial charge in [-0.2, -0.15) is 0 Å². The number of rotatable bonds is 6. The third-order valence-corrected chi connectivity index (χ3v) is 2.52. The van der Waals surface area contributed by atoms with Gasteiger partial charge in [-0.05, 0) is 5.56 Å². The van der Waals surface area contributed by atoms with Crippen LogP contribution in [0.4, 0.5) is 0 Å². The lowest BCUT2D eigenvalue weighted by Crippen LogP contribution is -2.37. The van der Waals surface area contributed by atoms with Crippen molar-refractivity contribution in [2.75, 3.05) is 33.8 Å². The van der Waals surface area contributed by atoms with Gasteiger partial charge in [0, 0.05) is 27.2 Å². The summed E-state index contributed by atoms with van der Waals surface area (Å²) in [7, 11) is 3.48. The second-order valence-corrected chi connectivity index (χ2v) is 4.21. The normalized spacial score (nSPS) is 10.6. The van der Waals surface area contributed by atoms with E-state index in [0.29, 0.717) is 19.6 Å². The number of hydrogen-bond acceptors (Lipinski definition) is 3. The summed E-state index contributed by atoms with van der Waals surface area (Å²) in [6.07, 6.45) is 0. The zero-order valence-electron chi connectivity index (χ0n) is 10.5. The van der Waals surface area contributed by atoms with Crippen molar-refractivity contribution in [1.82, 2.24) is 9.80 Å². The van der Waals surface area contributed by atoms with Crippen LogP contribution in [0.25, 0.3) is 0 Å². The van der Waals surface area contributed by atoms with Gasteiger partial charge in [-0.3, -0.25) is 9.69 Å². The number of hydrogen-bond donors (Lipinski definition) is 1. The summed E-state index contributed by atoms with van der Waals surface area (Å²) in [5.74, 6) is 0.0504. The third-order valence-electron chi connectivity index (χ3n) is 2.52. The molecule has 0 saturated carbocycles. The monoisotopic (exact) mass is 236 g/mol. The van der Waals surface area contributed by atoms with Crippen molar-refractivity contribution in [3.8, 4) is 0 Å². The topological polar surface area (TPSA) is 43.8 Å². The number of benzene rings is 1. The van der Waals surface area contributed by atoms with Crippen LogP contribution in [0, 0.1) is 0 Å². The quantitative estimate of drug-likeness (QED) is 0.785. The van der Waals surface area contributed by atoms with E-state index in [-0.39, 0.29) is 12.5 Å². The Labute approximate surface area is 102 Å². The number of amides is 1. The summed E-state index contributed by atoms with van der Waals surface area (Å²) in [5.41, 5.74) is 1.15. The maximum atomic E-state index is 11.6. The van der Waals surface area contributed by atoms with E-state index in [1.807, 2.05) is 35.2 Å². The lowest BCUT2D eigenvalue weighted by Gasteiger charge is -2.22. The van der Waals surface area contributed by atoms with Crippen LogP contribution in [0.2, 0.25) is 0 Å². The molecule has 0 aliphatic heterocycles. The Balaban J connectivity index is 2.57. The number of carbonyl (C=O) groups excluding carboxylic acids is 1. The van der Waals surface area contributed by atoms with Gasteiger partial charge in [0.15, 0.2) is 0 Å². The van der Waals surface area contributed by atoms with Crippen LogP contribution in [0.15, 0.2) is 30.3 Å². The van der Waals surface area contributed by atoms with Crippen molar-refractivity contribution in [2.45, 2.75) is 6.54 Å². The van der Waals surface area contributed by atoms with Crippen molar-refractivity contribution in [3.05, 3.63) is 35.9 Å². The van der Waals surface area contributed by atoms with Crippen molar-refractivity contribution >= 4 is 5.91 Å². The molecule has 4 heteroatoms. The van der Waals surface area contributed by atoms with Crippen molar-refractivity contribution in [2.24, 2.45) is 0 Å². The van der Waals surface area contributed by atoms with Gasteiger partial charge in [-0.25, -0.2) is 0 Å².